The summed E-state index contributed by atoms with van der Waals surface area (Å²) in [4.78, 5) is 20.8. The number of nitrogens with one attached hydrogen (secondary N) is 1. The monoisotopic (exact) mass is 388 g/mol. The van der Waals surface area contributed by atoms with Crippen molar-refractivity contribution in [2.75, 3.05) is 26.7 Å². The Morgan fingerprint density at radius 1 is 1.44 bits per heavy atom. The predicted molar refractivity (Wildman–Crippen MR) is 108 cm³/mol. The molecule has 7 heteroatoms. The van der Waals surface area contributed by atoms with Crippen LogP contribution in [0.1, 0.15) is 28.8 Å². The van der Waals surface area contributed by atoms with Gasteiger partial charge < -0.3 is 15.0 Å². The van der Waals surface area contributed by atoms with Gasteiger partial charge in [0.05, 0.1) is 30.0 Å². The van der Waals surface area contributed by atoms with Crippen LogP contribution < -0.4 is 5.32 Å². The summed E-state index contributed by atoms with van der Waals surface area (Å²) in [5.74, 6) is 0. The molecular weight excluding hydrogens is 360 g/mol. The zero-order valence-corrected chi connectivity index (χ0v) is 17.1. The largest absolute Gasteiger partial charge is 0.376 e. The molecule has 1 saturated heterocycles. The molecule has 1 unspecified atom stereocenters. The Morgan fingerprint density at radius 2 is 2.26 bits per heavy atom. The molecule has 0 bridgehead atoms. The fourth-order valence-electron chi connectivity index (χ4n) is 3.24. The van der Waals surface area contributed by atoms with Gasteiger partial charge in [-0.1, -0.05) is 24.3 Å². The second-order valence-electron chi connectivity index (χ2n) is 7.11. The van der Waals surface area contributed by atoms with Crippen LogP contribution >= 0.6 is 11.3 Å². The summed E-state index contributed by atoms with van der Waals surface area (Å²) in [6, 6.07) is 8.33. The first kappa shape index (κ1) is 19.8. The fraction of sp³-hybridized carbons (Fsp3) is 0.500. The molecule has 6 nitrogen and oxygen atoms in total. The summed E-state index contributed by atoms with van der Waals surface area (Å²) in [6.07, 6.45) is 0.290. The number of thiazole rings is 1. The van der Waals surface area contributed by atoms with E-state index in [1.165, 1.54) is 5.56 Å². The van der Waals surface area contributed by atoms with Gasteiger partial charge in [0.1, 0.15) is 0 Å². The van der Waals surface area contributed by atoms with Gasteiger partial charge in [0.25, 0.3) is 0 Å². The average molecular weight is 389 g/mol. The molecule has 146 valence electrons. The SMILES string of the molecule is Cc1nc(CN(C)C(=O)NCc2cccc(CN3CCOC(C)C3)c2)cs1. The molecule has 0 spiro atoms. The third kappa shape index (κ3) is 6.02. The lowest BCUT2D eigenvalue weighted by atomic mass is 10.1. The third-order valence-corrected chi connectivity index (χ3v) is 5.40. The van der Waals surface area contributed by atoms with Gasteiger partial charge in [0.15, 0.2) is 0 Å². The van der Waals surface area contributed by atoms with Crippen LogP contribution in [0.15, 0.2) is 29.6 Å². The van der Waals surface area contributed by atoms with Crippen LogP contribution in [0.4, 0.5) is 4.79 Å². The molecule has 1 fully saturated rings. The molecule has 2 aromatic rings. The van der Waals surface area contributed by atoms with Crippen LogP contribution in [0.3, 0.4) is 0 Å². The first-order valence-corrected chi connectivity index (χ1v) is 10.2. The van der Waals surface area contributed by atoms with Crippen LogP contribution in [-0.4, -0.2) is 53.7 Å². The van der Waals surface area contributed by atoms with Gasteiger partial charge in [0.2, 0.25) is 0 Å². The normalized spacial score (nSPS) is 17.7. The van der Waals surface area contributed by atoms with Crippen LogP contribution in [-0.2, 0) is 24.4 Å². The number of aryl methyl sites for hydroxylation is 1. The van der Waals surface area contributed by atoms with Crippen molar-refractivity contribution in [1.29, 1.82) is 0 Å². The summed E-state index contributed by atoms with van der Waals surface area (Å²) < 4.78 is 5.60. The number of urea groups is 1. The third-order valence-electron chi connectivity index (χ3n) is 4.58. The second kappa shape index (κ2) is 9.30. The maximum absolute atomic E-state index is 12.3. The Kier molecular flexibility index (Phi) is 6.82. The van der Waals surface area contributed by atoms with E-state index < -0.39 is 0 Å². The standard InChI is InChI=1S/C20H28N4O2S/c1-15-11-24(7-8-26-15)12-18-6-4-5-17(9-18)10-21-20(25)23(3)13-19-14-27-16(2)22-19/h4-6,9,14-15H,7-8,10-13H2,1-3H3,(H,21,25). The van der Waals surface area contributed by atoms with Crippen molar-refractivity contribution in [3.8, 4) is 0 Å². The zero-order chi connectivity index (χ0) is 19.2. The van der Waals surface area contributed by atoms with E-state index >= 15 is 0 Å². The van der Waals surface area contributed by atoms with E-state index in [4.69, 9.17) is 4.74 Å². The first-order valence-electron chi connectivity index (χ1n) is 9.31. The van der Waals surface area contributed by atoms with Gasteiger partial charge in [-0.15, -0.1) is 11.3 Å². The maximum atomic E-state index is 12.3. The van der Waals surface area contributed by atoms with Crippen molar-refractivity contribution in [1.82, 2.24) is 20.1 Å². The van der Waals surface area contributed by atoms with E-state index in [9.17, 15) is 4.79 Å². The summed E-state index contributed by atoms with van der Waals surface area (Å²) in [6.45, 7) is 8.76. The quantitative estimate of drug-likeness (QED) is 0.826. The first-order chi connectivity index (χ1) is 13.0. The molecule has 3 rings (SSSR count). The van der Waals surface area contributed by atoms with Crippen molar-refractivity contribution in [3.63, 3.8) is 0 Å². The average Bonchev–Trinajstić information content (AvgIpc) is 3.04. The van der Waals surface area contributed by atoms with Gasteiger partial charge in [-0.25, -0.2) is 9.78 Å². The van der Waals surface area contributed by atoms with E-state index in [0.29, 0.717) is 19.2 Å². The molecule has 1 aromatic heterocycles. The number of morpholine rings is 1. The van der Waals surface area contributed by atoms with Crippen LogP contribution in [0, 0.1) is 6.92 Å². The van der Waals surface area contributed by atoms with Gasteiger partial charge in [0, 0.05) is 38.6 Å². The van der Waals surface area contributed by atoms with Gasteiger partial charge >= 0.3 is 6.03 Å². The highest BCUT2D eigenvalue weighted by Crippen LogP contribution is 2.13. The number of carbonyl (C=O) groups is 1. The molecule has 0 saturated carbocycles. The minimum atomic E-state index is -0.0898. The molecule has 0 radical (unpaired) electrons. The summed E-state index contributed by atoms with van der Waals surface area (Å²) >= 11 is 1.60. The molecular formula is C20H28N4O2S. The minimum absolute atomic E-state index is 0.0898. The number of benzene rings is 1. The molecule has 27 heavy (non-hydrogen) atoms. The minimum Gasteiger partial charge on any atom is -0.376 e. The van der Waals surface area contributed by atoms with Crippen molar-refractivity contribution in [3.05, 3.63) is 51.5 Å². The molecule has 2 heterocycles. The molecule has 1 aromatic carbocycles. The van der Waals surface area contributed by atoms with Crippen LogP contribution in [0.25, 0.3) is 0 Å². The highest BCUT2D eigenvalue weighted by Gasteiger charge is 2.16. The number of nitrogens with zero attached hydrogens (tertiary/aromatic N) is 3. The highest BCUT2D eigenvalue weighted by molar-refractivity contribution is 7.09. The Labute approximate surface area is 165 Å². The Morgan fingerprint density at radius 3 is 3.00 bits per heavy atom. The van der Waals surface area contributed by atoms with Crippen molar-refractivity contribution < 1.29 is 9.53 Å². The summed E-state index contributed by atoms with van der Waals surface area (Å²) in [5.41, 5.74) is 3.30. The lowest BCUT2D eigenvalue weighted by Crippen LogP contribution is -2.40. The number of amides is 2. The van der Waals surface area contributed by atoms with Crippen molar-refractivity contribution in [2.24, 2.45) is 0 Å². The number of rotatable bonds is 6. The van der Waals surface area contributed by atoms with Crippen molar-refractivity contribution in [2.45, 2.75) is 39.6 Å². The number of ether oxygens (including phenoxy) is 1. The lowest BCUT2D eigenvalue weighted by Gasteiger charge is -2.31. The van der Waals surface area contributed by atoms with E-state index in [1.54, 1.807) is 23.3 Å². The molecule has 1 atom stereocenters. The molecule has 0 aliphatic carbocycles. The molecule has 1 aliphatic heterocycles. The zero-order valence-electron chi connectivity index (χ0n) is 16.3. The Hall–Kier alpha value is -1.96. The number of aromatic nitrogens is 1. The molecule has 1 aliphatic rings. The van der Waals surface area contributed by atoms with Gasteiger partial charge in [-0.05, 0) is 25.0 Å². The summed E-state index contributed by atoms with van der Waals surface area (Å²) in [5, 5.41) is 6.01. The number of hydrogen-bond acceptors (Lipinski definition) is 5. The van der Waals surface area contributed by atoms with Gasteiger partial charge in [-0.3, -0.25) is 4.90 Å². The smallest absolute Gasteiger partial charge is 0.317 e. The lowest BCUT2D eigenvalue weighted by molar-refractivity contribution is -0.0212. The Bertz CT molecular complexity index is 764. The fourth-order valence-corrected chi connectivity index (χ4v) is 3.84. The van der Waals surface area contributed by atoms with E-state index in [2.05, 4.69) is 46.4 Å². The van der Waals surface area contributed by atoms with Crippen molar-refractivity contribution >= 4 is 17.4 Å². The topological polar surface area (TPSA) is 57.7 Å². The number of hydrogen-bond donors (Lipinski definition) is 1. The molecule has 1 N–H and O–H groups in total. The van der Waals surface area contributed by atoms with Gasteiger partial charge in [-0.2, -0.15) is 0 Å². The van der Waals surface area contributed by atoms with E-state index in [1.807, 2.05) is 12.3 Å². The second-order valence-corrected chi connectivity index (χ2v) is 8.17. The molecule has 2 amide bonds. The van der Waals surface area contributed by atoms with E-state index in [0.717, 1.165) is 42.5 Å². The van der Waals surface area contributed by atoms with E-state index in [-0.39, 0.29) is 6.03 Å². The predicted octanol–water partition coefficient (Wildman–Crippen LogP) is 3.01. The maximum Gasteiger partial charge on any atom is 0.317 e. The van der Waals surface area contributed by atoms with Crippen LogP contribution in [0.5, 0.6) is 0 Å². The Balaban J connectivity index is 1.49. The highest BCUT2D eigenvalue weighted by atomic mass is 32.1. The van der Waals surface area contributed by atoms with Crippen LogP contribution in [0.2, 0.25) is 0 Å². The number of carbonyl (C=O) groups excluding carboxylic acids is 1. The summed E-state index contributed by atoms with van der Waals surface area (Å²) in [7, 11) is 1.79.